The highest BCUT2D eigenvalue weighted by atomic mass is 16.5. The highest BCUT2D eigenvalue weighted by Gasteiger charge is 2.18. The van der Waals surface area contributed by atoms with Gasteiger partial charge in [-0.05, 0) is 12.1 Å². The molecular weight excluding hydrogens is 228 g/mol. The van der Waals surface area contributed by atoms with Gasteiger partial charge in [0.15, 0.2) is 0 Å². The number of pyridine rings is 1. The number of nitrogens with zero attached hydrogens (tertiary/aromatic N) is 2. The Morgan fingerprint density at radius 3 is 2.83 bits per heavy atom. The zero-order chi connectivity index (χ0) is 12.3. The number of para-hydroxylation sites is 1. The standard InChI is InChI=1S/C14H10N2O2/c17-13-6-5-12-14-10(7-8-15(12)18)9-3-1-2-4-11(9)16(13)14/h1-7,18H,8H2. The minimum absolute atomic E-state index is 0.0695. The summed E-state index contributed by atoms with van der Waals surface area (Å²) in [5.74, 6) is 0. The van der Waals surface area contributed by atoms with Gasteiger partial charge >= 0.3 is 0 Å². The number of benzene rings is 1. The Bertz CT molecular complexity index is 895. The van der Waals surface area contributed by atoms with Gasteiger partial charge in [0.25, 0.3) is 5.56 Å². The summed E-state index contributed by atoms with van der Waals surface area (Å²) in [5, 5.41) is 13.1. The van der Waals surface area contributed by atoms with Gasteiger partial charge in [-0.15, -0.1) is 0 Å². The molecule has 2 aromatic heterocycles. The topological polar surface area (TPSA) is 45.0 Å². The molecule has 0 saturated heterocycles. The van der Waals surface area contributed by atoms with Gasteiger partial charge in [0, 0.05) is 16.7 Å². The predicted molar refractivity (Wildman–Crippen MR) is 70.0 cm³/mol. The molecule has 4 heteroatoms. The molecule has 3 heterocycles. The van der Waals surface area contributed by atoms with Crippen LogP contribution in [0.2, 0.25) is 0 Å². The third-order valence-electron chi connectivity index (χ3n) is 3.51. The Labute approximate surface area is 102 Å². The summed E-state index contributed by atoms with van der Waals surface area (Å²) < 4.78 is 1.67. The second-order valence-corrected chi connectivity index (χ2v) is 4.46. The van der Waals surface area contributed by atoms with Crippen molar-refractivity contribution in [2.75, 3.05) is 11.6 Å². The van der Waals surface area contributed by atoms with E-state index in [9.17, 15) is 10.0 Å². The van der Waals surface area contributed by atoms with Crippen LogP contribution in [-0.4, -0.2) is 16.2 Å². The number of anilines is 1. The summed E-state index contributed by atoms with van der Waals surface area (Å²) >= 11 is 0. The summed E-state index contributed by atoms with van der Waals surface area (Å²) in [6.45, 7) is 0.439. The van der Waals surface area contributed by atoms with Crippen molar-refractivity contribution in [2.45, 2.75) is 0 Å². The van der Waals surface area contributed by atoms with E-state index < -0.39 is 0 Å². The summed E-state index contributed by atoms with van der Waals surface area (Å²) in [4.78, 5) is 12.1. The van der Waals surface area contributed by atoms with Crippen LogP contribution in [0.3, 0.4) is 0 Å². The lowest BCUT2D eigenvalue weighted by Gasteiger charge is -2.19. The van der Waals surface area contributed by atoms with Gasteiger partial charge in [0.05, 0.1) is 23.3 Å². The molecule has 1 aromatic carbocycles. The van der Waals surface area contributed by atoms with E-state index in [0.29, 0.717) is 12.2 Å². The van der Waals surface area contributed by atoms with Crippen LogP contribution in [0, 0.1) is 0 Å². The van der Waals surface area contributed by atoms with E-state index in [-0.39, 0.29) is 5.56 Å². The lowest BCUT2D eigenvalue weighted by molar-refractivity contribution is 0.269. The molecule has 0 bridgehead atoms. The highest BCUT2D eigenvalue weighted by molar-refractivity contribution is 5.95. The first-order chi connectivity index (χ1) is 8.77. The quantitative estimate of drug-likeness (QED) is 0.639. The van der Waals surface area contributed by atoms with Crippen molar-refractivity contribution in [3.8, 4) is 0 Å². The molecule has 1 aliphatic heterocycles. The molecule has 0 aliphatic carbocycles. The van der Waals surface area contributed by atoms with Gasteiger partial charge in [-0.3, -0.25) is 19.5 Å². The summed E-state index contributed by atoms with van der Waals surface area (Å²) in [6, 6.07) is 11.0. The van der Waals surface area contributed by atoms with E-state index in [1.54, 1.807) is 10.5 Å². The van der Waals surface area contributed by atoms with Crippen molar-refractivity contribution in [3.63, 3.8) is 0 Å². The van der Waals surface area contributed by atoms with Gasteiger partial charge < -0.3 is 0 Å². The molecule has 3 aromatic rings. The average molecular weight is 238 g/mol. The van der Waals surface area contributed by atoms with Crippen molar-refractivity contribution in [2.24, 2.45) is 0 Å². The van der Waals surface area contributed by atoms with Crippen LogP contribution in [-0.2, 0) is 0 Å². The molecule has 0 radical (unpaired) electrons. The lowest BCUT2D eigenvalue weighted by atomic mass is 10.1. The Morgan fingerprint density at radius 1 is 1.11 bits per heavy atom. The molecule has 1 N–H and O–H groups in total. The minimum atomic E-state index is -0.0695. The van der Waals surface area contributed by atoms with E-state index in [1.165, 1.54) is 11.1 Å². The molecule has 4 rings (SSSR count). The Morgan fingerprint density at radius 2 is 1.94 bits per heavy atom. The van der Waals surface area contributed by atoms with E-state index in [2.05, 4.69) is 0 Å². The maximum atomic E-state index is 12.1. The predicted octanol–water partition coefficient (Wildman–Crippen LogP) is 1.16. The van der Waals surface area contributed by atoms with E-state index in [4.69, 9.17) is 0 Å². The SMILES string of the molecule is O=c1ccc2c3c(c4ccccc4n13)=CCN2O. The van der Waals surface area contributed by atoms with Crippen molar-refractivity contribution < 1.29 is 5.21 Å². The number of hydroxylamine groups is 1. The summed E-state index contributed by atoms with van der Waals surface area (Å²) in [6.07, 6.45) is 1.95. The van der Waals surface area contributed by atoms with Crippen LogP contribution in [0.1, 0.15) is 0 Å². The largest absolute Gasteiger partial charge is 0.288 e. The lowest BCUT2D eigenvalue weighted by Crippen LogP contribution is -2.27. The molecule has 4 nitrogen and oxygen atoms in total. The number of fused-ring (bicyclic) bond motifs is 3. The van der Waals surface area contributed by atoms with Crippen LogP contribution in [0.25, 0.3) is 22.5 Å². The first kappa shape index (κ1) is 9.67. The van der Waals surface area contributed by atoms with Crippen LogP contribution >= 0.6 is 0 Å². The number of aromatic nitrogens is 1. The van der Waals surface area contributed by atoms with E-state index in [0.717, 1.165) is 21.6 Å². The zero-order valence-electron chi connectivity index (χ0n) is 9.50. The fourth-order valence-corrected chi connectivity index (χ4v) is 2.74. The van der Waals surface area contributed by atoms with Crippen LogP contribution < -0.4 is 15.8 Å². The van der Waals surface area contributed by atoms with Crippen molar-refractivity contribution in [1.82, 2.24) is 4.40 Å². The molecule has 88 valence electrons. The van der Waals surface area contributed by atoms with Crippen molar-refractivity contribution >= 4 is 28.2 Å². The summed E-state index contributed by atoms with van der Waals surface area (Å²) in [7, 11) is 0. The van der Waals surface area contributed by atoms with Gasteiger partial charge in [0.2, 0.25) is 0 Å². The molecule has 0 unspecified atom stereocenters. The fraction of sp³-hybridized carbons (Fsp3) is 0.0714. The molecule has 18 heavy (non-hydrogen) atoms. The molecule has 1 aliphatic rings. The maximum Gasteiger partial charge on any atom is 0.255 e. The van der Waals surface area contributed by atoms with Gasteiger partial charge in [0.1, 0.15) is 0 Å². The van der Waals surface area contributed by atoms with E-state index in [1.807, 2.05) is 30.3 Å². The molecular formula is C14H10N2O2. The zero-order valence-corrected chi connectivity index (χ0v) is 9.50. The van der Waals surface area contributed by atoms with Crippen molar-refractivity contribution in [3.05, 3.63) is 52.0 Å². The third kappa shape index (κ3) is 1.01. The number of hydrogen-bond acceptors (Lipinski definition) is 3. The van der Waals surface area contributed by atoms with E-state index >= 15 is 0 Å². The molecule has 0 fully saturated rings. The first-order valence-electron chi connectivity index (χ1n) is 5.80. The monoisotopic (exact) mass is 238 g/mol. The maximum absolute atomic E-state index is 12.1. The van der Waals surface area contributed by atoms with Gasteiger partial charge in [-0.1, -0.05) is 24.3 Å². The molecule has 0 amide bonds. The Kier molecular flexibility index (Phi) is 1.67. The first-order valence-corrected chi connectivity index (χ1v) is 5.80. The highest BCUT2D eigenvalue weighted by Crippen LogP contribution is 2.23. The van der Waals surface area contributed by atoms with Crippen molar-refractivity contribution in [1.29, 1.82) is 0 Å². The number of hydrogen-bond donors (Lipinski definition) is 1. The average Bonchev–Trinajstić information content (AvgIpc) is 2.72. The van der Waals surface area contributed by atoms with Gasteiger partial charge in [-0.2, -0.15) is 0 Å². The molecule has 0 atom stereocenters. The minimum Gasteiger partial charge on any atom is -0.288 e. The Balaban J connectivity index is 2.46. The molecule has 0 saturated carbocycles. The number of rotatable bonds is 0. The second-order valence-electron chi connectivity index (χ2n) is 4.46. The van der Waals surface area contributed by atoms with Crippen LogP contribution in [0.4, 0.5) is 5.69 Å². The second kappa shape index (κ2) is 3.11. The summed E-state index contributed by atoms with van der Waals surface area (Å²) in [5.41, 5.74) is 2.29. The molecule has 0 spiro atoms. The third-order valence-corrected chi connectivity index (χ3v) is 3.51. The smallest absolute Gasteiger partial charge is 0.255 e. The van der Waals surface area contributed by atoms with Crippen LogP contribution in [0.5, 0.6) is 0 Å². The fourth-order valence-electron chi connectivity index (χ4n) is 2.74. The normalized spacial score (nSPS) is 14.2. The van der Waals surface area contributed by atoms with Crippen LogP contribution in [0.15, 0.2) is 41.2 Å². The van der Waals surface area contributed by atoms with Gasteiger partial charge in [-0.25, -0.2) is 0 Å². The Hall–Kier alpha value is -2.33.